The highest BCUT2D eigenvalue weighted by Gasteiger charge is 2.12. The highest BCUT2D eigenvalue weighted by atomic mass is 35.5. The maximum Gasteiger partial charge on any atom is 0.276 e. The van der Waals surface area contributed by atoms with E-state index in [1.807, 2.05) is 6.92 Å². The third-order valence-corrected chi connectivity index (χ3v) is 3.83. The molecule has 2 aromatic rings. The molecule has 0 aliphatic heterocycles. The molecule has 0 aromatic heterocycles. The smallest absolute Gasteiger partial charge is 0.276 e. The molecule has 0 bridgehead atoms. The molecule has 2 amide bonds. The number of para-hydroxylation sites is 1. The van der Waals surface area contributed by atoms with Crippen LogP contribution in [0.5, 0.6) is 11.5 Å². The molecule has 0 saturated carbocycles. The van der Waals surface area contributed by atoms with Crippen molar-refractivity contribution in [3.8, 4) is 11.5 Å². The van der Waals surface area contributed by atoms with Gasteiger partial charge in [0.1, 0.15) is 11.5 Å². The summed E-state index contributed by atoms with van der Waals surface area (Å²) in [6, 6.07) is 11.7. The van der Waals surface area contributed by atoms with E-state index in [1.54, 1.807) is 49.6 Å². The first kappa shape index (κ1) is 20.5. The standard InChI is InChI=1S/C19H21ClN2O5/c1-3-26-11-14-10-13(8-9-16(14)25-2)19(24)22-21-18(23)12-27-17-7-5-4-6-15(17)20/h4-10H,3,11-12H2,1-2H3,(H,21,23)(H,22,24). The molecule has 0 aliphatic rings. The summed E-state index contributed by atoms with van der Waals surface area (Å²) in [5.74, 6) is 0.0151. The number of methoxy groups -OCH3 is 1. The molecule has 2 rings (SSSR count). The average Bonchev–Trinajstić information content (AvgIpc) is 2.69. The minimum Gasteiger partial charge on any atom is -0.496 e. The number of hydrogen-bond acceptors (Lipinski definition) is 5. The largest absolute Gasteiger partial charge is 0.496 e. The second-order valence-electron chi connectivity index (χ2n) is 5.39. The van der Waals surface area contributed by atoms with Gasteiger partial charge in [0.25, 0.3) is 11.8 Å². The molecule has 0 unspecified atom stereocenters. The van der Waals surface area contributed by atoms with E-state index in [2.05, 4.69) is 10.9 Å². The number of carbonyl (C=O) groups is 2. The molecule has 27 heavy (non-hydrogen) atoms. The van der Waals surface area contributed by atoms with Crippen molar-refractivity contribution in [2.45, 2.75) is 13.5 Å². The quantitative estimate of drug-likeness (QED) is 0.674. The first-order chi connectivity index (χ1) is 13.0. The van der Waals surface area contributed by atoms with Crippen LogP contribution in [0.3, 0.4) is 0 Å². The van der Waals surface area contributed by atoms with E-state index in [4.69, 9.17) is 25.8 Å². The average molecular weight is 393 g/mol. The fourth-order valence-corrected chi connectivity index (χ4v) is 2.37. The minimum atomic E-state index is -0.522. The Morgan fingerprint density at radius 3 is 2.56 bits per heavy atom. The van der Waals surface area contributed by atoms with E-state index in [-0.39, 0.29) is 6.61 Å². The summed E-state index contributed by atoms with van der Waals surface area (Å²) in [7, 11) is 1.55. The molecule has 0 radical (unpaired) electrons. The highest BCUT2D eigenvalue weighted by Crippen LogP contribution is 2.23. The number of amides is 2. The van der Waals surface area contributed by atoms with Crippen molar-refractivity contribution in [2.75, 3.05) is 20.3 Å². The summed E-state index contributed by atoms with van der Waals surface area (Å²) in [6.45, 7) is 2.45. The fourth-order valence-electron chi connectivity index (χ4n) is 2.18. The first-order valence-electron chi connectivity index (χ1n) is 8.26. The third-order valence-electron chi connectivity index (χ3n) is 3.52. The monoisotopic (exact) mass is 392 g/mol. The number of rotatable bonds is 8. The Labute approximate surface area is 162 Å². The summed E-state index contributed by atoms with van der Waals surface area (Å²) < 4.78 is 15.9. The van der Waals surface area contributed by atoms with E-state index in [9.17, 15) is 9.59 Å². The number of hydrazine groups is 1. The summed E-state index contributed by atoms with van der Waals surface area (Å²) in [5, 5.41) is 0.398. The van der Waals surface area contributed by atoms with Crippen molar-refractivity contribution in [3.05, 3.63) is 58.6 Å². The zero-order valence-electron chi connectivity index (χ0n) is 15.1. The van der Waals surface area contributed by atoms with Crippen LogP contribution in [-0.2, 0) is 16.1 Å². The van der Waals surface area contributed by atoms with E-state index in [0.29, 0.717) is 35.3 Å². The van der Waals surface area contributed by atoms with Crippen LogP contribution in [0.25, 0.3) is 0 Å². The molecule has 0 atom stereocenters. The van der Waals surface area contributed by atoms with Crippen molar-refractivity contribution in [1.29, 1.82) is 0 Å². The van der Waals surface area contributed by atoms with Crippen LogP contribution in [0.2, 0.25) is 5.02 Å². The van der Waals surface area contributed by atoms with Crippen LogP contribution in [0.1, 0.15) is 22.8 Å². The van der Waals surface area contributed by atoms with Gasteiger partial charge in [-0.3, -0.25) is 20.4 Å². The molecule has 0 saturated heterocycles. The van der Waals surface area contributed by atoms with Gasteiger partial charge in [-0.15, -0.1) is 0 Å². The second kappa shape index (κ2) is 10.4. The van der Waals surface area contributed by atoms with Crippen molar-refractivity contribution in [1.82, 2.24) is 10.9 Å². The normalized spacial score (nSPS) is 10.2. The maximum absolute atomic E-state index is 12.2. The molecule has 2 N–H and O–H groups in total. The van der Waals surface area contributed by atoms with Gasteiger partial charge in [-0.1, -0.05) is 23.7 Å². The van der Waals surface area contributed by atoms with Crippen molar-refractivity contribution in [3.63, 3.8) is 0 Å². The maximum atomic E-state index is 12.2. The third kappa shape index (κ3) is 6.16. The summed E-state index contributed by atoms with van der Waals surface area (Å²) >= 11 is 5.94. The lowest BCUT2D eigenvalue weighted by atomic mass is 10.1. The highest BCUT2D eigenvalue weighted by molar-refractivity contribution is 6.32. The minimum absolute atomic E-state index is 0.289. The number of hydrogen-bond donors (Lipinski definition) is 2. The number of nitrogens with one attached hydrogen (secondary N) is 2. The number of ether oxygens (including phenoxy) is 3. The lowest BCUT2D eigenvalue weighted by Gasteiger charge is -2.12. The molecular weight excluding hydrogens is 372 g/mol. The fraction of sp³-hybridized carbons (Fsp3) is 0.263. The van der Waals surface area contributed by atoms with Gasteiger partial charge in [0.15, 0.2) is 6.61 Å². The van der Waals surface area contributed by atoms with Crippen molar-refractivity contribution < 1.29 is 23.8 Å². The molecule has 144 valence electrons. The molecule has 0 fully saturated rings. The first-order valence-corrected chi connectivity index (χ1v) is 8.64. The topological polar surface area (TPSA) is 85.9 Å². The Hall–Kier alpha value is -2.77. The molecular formula is C19H21ClN2O5. The van der Waals surface area contributed by atoms with Gasteiger partial charge < -0.3 is 14.2 Å². The van der Waals surface area contributed by atoms with Gasteiger partial charge in [-0.2, -0.15) is 0 Å². The van der Waals surface area contributed by atoms with Crippen molar-refractivity contribution >= 4 is 23.4 Å². The lowest BCUT2D eigenvalue weighted by Crippen LogP contribution is -2.43. The number of carbonyl (C=O) groups excluding carboxylic acids is 2. The van der Waals surface area contributed by atoms with Gasteiger partial charge in [0, 0.05) is 17.7 Å². The van der Waals surface area contributed by atoms with Crippen LogP contribution in [0, 0.1) is 0 Å². The van der Waals surface area contributed by atoms with E-state index in [1.165, 1.54) is 0 Å². The summed E-state index contributed by atoms with van der Waals surface area (Å²) in [4.78, 5) is 24.1. The Morgan fingerprint density at radius 1 is 1.07 bits per heavy atom. The number of halogens is 1. The SMILES string of the molecule is CCOCc1cc(C(=O)NNC(=O)COc2ccccc2Cl)ccc1OC. The Bertz CT molecular complexity index is 797. The van der Waals surface area contributed by atoms with E-state index in [0.717, 1.165) is 5.56 Å². The van der Waals surface area contributed by atoms with Gasteiger partial charge in [-0.25, -0.2) is 0 Å². The second-order valence-corrected chi connectivity index (χ2v) is 5.79. The van der Waals surface area contributed by atoms with Crippen molar-refractivity contribution in [2.24, 2.45) is 0 Å². The Kier molecular flexibility index (Phi) is 7.91. The van der Waals surface area contributed by atoms with E-state index >= 15 is 0 Å². The lowest BCUT2D eigenvalue weighted by molar-refractivity contribution is -0.123. The molecule has 0 heterocycles. The van der Waals surface area contributed by atoms with Crippen LogP contribution >= 0.6 is 11.6 Å². The Balaban J connectivity index is 1.89. The van der Waals surface area contributed by atoms with Gasteiger partial charge in [-0.05, 0) is 37.3 Å². The van der Waals surface area contributed by atoms with Gasteiger partial charge in [0.05, 0.1) is 18.7 Å². The number of benzene rings is 2. The molecule has 2 aromatic carbocycles. The molecule has 8 heteroatoms. The zero-order valence-corrected chi connectivity index (χ0v) is 15.8. The molecule has 0 spiro atoms. The summed E-state index contributed by atoms with van der Waals surface area (Å²) in [5.41, 5.74) is 5.73. The molecule has 0 aliphatic carbocycles. The van der Waals surface area contributed by atoms with Crippen LogP contribution in [0.15, 0.2) is 42.5 Å². The van der Waals surface area contributed by atoms with E-state index < -0.39 is 11.8 Å². The van der Waals surface area contributed by atoms with Crippen LogP contribution < -0.4 is 20.3 Å². The summed E-state index contributed by atoms with van der Waals surface area (Å²) in [6.07, 6.45) is 0. The zero-order chi connectivity index (χ0) is 19.6. The van der Waals surface area contributed by atoms with Crippen LogP contribution in [-0.4, -0.2) is 32.1 Å². The predicted molar refractivity (Wildman–Crippen MR) is 101 cm³/mol. The van der Waals surface area contributed by atoms with Gasteiger partial charge in [0.2, 0.25) is 0 Å². The molecule has 7 nitrogen and oxygen atoms in total. The van der Waals surface area contributed by atoms with Gasteiger partial charge >= 0.3 is 0 Å². The predicted octanol–water partition coefficient (Wildman–Crippen LogP) is 2.73. The van der Waals surface area contributed by atoms with Crippen LogP contribution in [0.4, 0.5) is 0 Å². The Morgan fingerprint density at radius 2 is 1.85 bits per heavy atom.